The summed E-state index contributed by atoms with van der Waals surface area (Å²) in [5.41, 5.74) is 3.25. The molecule has 0 amide bonds. The molecule has 9 unspecified atom stereocenters. The summed E-state index contributed by atoms with van der Waals surface area (Å²) in [7, 11) is 0. The number of hydrogen-bond acceptors (Lipinski definition) is 3. The van der Waals surface area contributed by atoms with E-state index in [1.165, 1.54) is 50.5 Å². The van der Waals surface area contributed by atoms with Crippen molar-refractivity contribution < 1.29 is 14.6 Å². The van der Waals surface area contributed by atoms with Crippen molar-refractivity contribution >= 4 is 5.97 Å². The SMILES string of the molecule is C=C(C)C(O)CCC(=C)C1CCC2(C)C1CCC1C3(C)CCC(OC(C)=O)C(C)(C)C3CCC12C. The van der Waals surface area contributed by atoms with Gasteiger partial charge >= 0.3 is 5.97 Å². The molecule has 4 saturated carbocycles. The molecule has 0 aromatic rings. The van der Waals surface area contributed by atoms with Crippen LogP contribution >= 0.6 is 0 Å². The summed E-state index contributed by atoms with van der Waals surface area (Å²) in [6, 6.07) is 0. The average Bonchev–Trinajstić information content (AvgIpc) is 3.12. The number of aliphatic hydroxyl groups is 1. The third-order valence-electron chi connectivity index (χ3n) is 12.5. The second kappa shape index (κ2) is 9.03. The Morgan fingerprint density at radius 3 is 2.20 bits per heavy atom. The largest absolute Gasteiger partial charge is 0.462 e. The predicted molar refractivity (Wildman–Crippen MR) is 144 cm³/mol. The fourth-order valence-electron chi connectivity index (χ4n) is 10.4. The first-order valence-corrected chi connectivity index (χ1v) is 14.4. The van der Waals surface area contributed by atoms with Crippen LogP contribution in [0.25, 0.3) is 0 Å². The highest BCUT2D eigenvalue weighted by Gasteiger charge is 2.68. The van der Waals surface area contributed by atoms with Gasteiger partial charge in [0.05, 0.1) is 6.10 Å². The van der Waals surface area contributed by atoms with E-state index in [0.717, 1.165) is 30.8 Å². The van der Waals surface area contributed by atoms with E-state index in [4.69, 9.17) is 4.74 Å². The smallest absolute Gasteiger partial charge is 0.302 e. The van der Waals surface area contributed by atoms with Gasteiger partial charge in [-0.1, -0.05) is 58.9 Å². The molecule has 4 rings (SSSR count). The Morgan fingerprint density at radius 1 is 0.914 bits per heavy atom. The summed E-state index contributed by atoms with van der Waals surface area (Å²) in [5.74, 6) is 2.50. The van der Waals surface area contributed by atoms with Crippen molar-refractivity contribution in [3.8, 4) is 0 Å². The summed E-state index contributed by atoms with van der Waals surface area (Å²) in [6.07, 6.45) is 11.2. The zero-order valence-electron chi connectivity index (χ0n) is 23.7. The number of rotatable bonds is 6. The predicted octanol–water partition coefficient (Wildman–Crippen LogP) is 7.88. The van der Waals surface area contributed by atoms with Gasteiger partial charge in [0.15, 0.2) is 0 Å². The highest BCUT2D eigenvalue weighted by Crippen LogP contribution is 2.75. The molecule has 3 nitrogen and oxygen atoms in total. The summed E-state index contributed by atoms with van der Waals surface area (Å²) < 4.78 is 5.87. The van der Waals surface area contributed by atoms with E-state index in [0.29, 0.717) is 34.0 Å². The van der Waals surface area contributed by atoms with Crippen LogP contribution in [0.2, 0.25) is 0 Å². The number of hydrogen-bond donors (Lipinski definition) is 1. The first-order chi connectivity index (χ1) is 16.2. The topological polar surface area (TPSA) is 46.5 Å². The third-order valence-corrected chi connectivity index (χ3v) is 12.5. The van der Waals surface area contributed by atoms with Gasteiger partial charge in [-0.3, -0.25) is 4.79 Å². The Morgan fingerprint density at radius 2 is 1.57 bits per heavy atom. The molecular weight excluding hydrogens is 432 g/mol. The molecule has 1 N–H and O–H groups in total. The monoisotopic (exact) mass is 484 g/mol. The molecule has 198 valence electrons. The summed E-state index contributed by atoms with van der Waals surface area (Å²) in [5, 5.41) is 10.3. The molecule has 3 heteroatoms. The Kier molecular flexibility index (Phi) is 6.96. The number of esters is 1. The van der Waals surface area contributed by atoms with Gasteiger partial charge in [-0.25, -0.2) is 0 Å². The van der Waals surface area contributed by atoms with Crippen LogP contribution < -0.4 is 0 Å². The molecule has 0 aromatic heterocycles. The highest BCUT2D eigenvalue weighted by molar-refractivity contribution is 5.66. The number of carbonyl (C=O) groups is 1. The summed E-state index contributed by atoms with van der Waals surface area (Å²) in [6.45, 7) is 24.6. The van der Waals surface area contributed by atoms with E-state index in [-0.39, 0.29) is 17.5 Å². The number of aliphatic hydroxyl groups excluding tert-OH is 1. The van der Waals surface area contributed by atoms with Crippen molar-refractivity contribution in [1.82, 2.24) is 0 Å². The van der Waals surface area contributed by atoms with Gasteiger partial charge in [-0.15, -0.1) is 0 Å². The normalized spacial score (nSPS) is 45.0. The molecule has 0 aliphatic heterocycles. The minimum Gasteiger partial charge on any atom is -0.462 e. The molecule has 4 aliphatic carbocycles. The molecule has 35 heavy (non-hydrogen) atoms. The lowest BCUT2D eigenvalue weighted by molar-refractivity contribution is -0.226. The standard InChI is InChI=1S/C32H52O3/c1-20(2)25(34)12-10-21(3)23-14-18-31(8)24(23)11-13-27-30(7)17-16-28(35-22(4)33)29(5,6)26(30)15-19-32(27,31)9/h23-28,34H,1,3,10-19H2,2,4-9H3. The maximum absolute atomic E-state index is 11.8. The van der Waals surface area contributed by atoms with Crippen LogP contribution in [-0.4, -0.2) is 23.3 Å². The van der Waals surface area contributed by atoms with Crippen molar-refractivity contribution in [1.29, 1.82) is 0 Å². The van der Waals surface area contributed by atoms with Crippen LogP contribution in [0.1, 0.15) is 113 Å². The van der Waals surface area contributed by atoms with E-state index in [9.17, 15) is 9.90 Å². The maximum atomic E-state index is 11.8. The van der Waals surface area contributed by atoms with Crippen molar-refractivity contribution in [2.75, 3.05) is 0 Å². The second-order valence-corrected chi connectivity index (χ2v) is 14.3. The number of ether oxygens (including phenoxy) is 1. The molecule has 0 aromatic carbocycles. The van der Waals surface area contributed by atoms with E-state index in [2.05, 4.69) is 47.8 Å². The molecule has 0 radical (unpaired) electrons. The van der Waals surface area contributed by atoms with E-state index < -0.39 is 6.10 Å². The molecular formula is C32H52O3. The van der Waals surface area contributed by atoms with Gasteiger partial charge in [0.25, 0.3) is 0 Å². The number of carbonyl (C=O) groups excluding carboxylic acids is 1. The van der Waals surface area contributed by atoms with Crippen LogP contribution in [0.15, 0.2) is 24.3 Å². The Balaban J connectivity index is 1.56. The van der Waals surface area contributed by atoms with Gasteiger partial charge in [-0.2, -0.15) is 0 Å². The number of allylic oxidation sites excluding steroid dienone is 1. The van der Waals surface area contributed by atoms with Crippen molar-refractivity contribution in [2.45, 2.75) is 125 Å². The maximum Gasteiger partial charge on any atom is 0.302 e. The van der Waals surface area contributed by atoms with E-state index in [1.807, 2.05) is 6.92 Å². The lowest BCUT2D eigenvalue weighted by Crippen LogP contribution is -2.64. The molecule has 0 saturated heterocycles. The first-order valence-electron chi connectivity index (χ1n) is 14.4. The van der Waals surface area contributed by atoms with Crippen molar-refractivity contribution in [3.05, 3.63) is 24.3 Å². The van der Waals surface area contributed by atoms with Crippen LogP contribution in [-0.2, 0) is 9.53 Å². The van der Waals surface area contributed by atoms with Crippen molar-refractivity contribution in [3.63, 3.8) is 0 Å². The van der Waals surface area contributed by atoms with Gasteiger partial charge in [0.1, 0.15) is 6.10 Å². The van der Waals surface area contributed by atoms with Gasteiger partial charge < -0.3 is 9.84 Å². The minimum absolute atomic E-state index is 0.0222. The van der Waals surface area contributed by atoms with E-state index >= 15 is 0 Å². The summed E-state index contributed by atoms with van der Waals surface area (Å²) >= 11 is 0. The van der Waals surface area contributed by atoms with Crippen molar-refractivity contribution in [2.24, 2.45) is 45.3 Å². The van der Waals surface area contributed by atoms with Crippen LogP contribution in [0.4, 0.5) is 0 Å². The van der Waals surface area contributed by atoms with Crippen LogP contribution in [0, 0.1) is 45.3 Å². The Labute approximate surface area is 215 Å². The molecule has 0 bridgehead atoms. The zero-order valence-corrected chi connectivity index (χ0v) is 23.7. The van der Waals surface area contributed by atoms with Gasteiger partial charge in [0.2, 0.25) is 0 Å². The minimum atomic E-state index is -0.409. The molecule has 4 fully saturated rings. The molecule has 4 aliphatic rings. The van der Waals surface area contributed by atoms with Gasteiger partial charge in [-0.05, 0) is 111 Å². The highest BCUT2D eigenvalue weighted by atomic mass is 16.5. The van der Waals surface area contributed by atoms with Crippen LogP contribution in [0.3, 0.4) is 0 Å². The zero-order chi connectivity index (χ0) is 26.0. The quantitative estimate of drug-likeness (QED) is 0.308. The molecule has 9 atom stereocenters. The lowest BCUT2D eigenvalue weighted by atomic mass is 9.35. The number of fused-ring (bicyclic) bond motifs is 5. The van der Waals surface area contributed by atoms with Crippen LogP contribution in [0.5, 0.6) is 0 Å². The first kappa shape index (κ1) is 27.0. The van der Waals surface area contributed by atoms with Gasteiger partial charge in [0, 0.05) is 12.3 Å². The molecule has 0 spiro atoms. The third kappa shape index (κ3) is 4.07. The average molecular weight is 485 g/mol. The lowest BCUT2D eigenvalue weighted by Gasteiger charge is -2.70. The fraction of sp³-hybridized carbons (Fsp3) is 0.844. The Bertz CT molecular complexity index is 872. The van der Waals surface area contributed by atoms with E-state index in [1.54, 1.807) is 6.92 Å². The second-order valence-electron chi connectivity index (χ2n) is 14.3. The fourth-order valence-corrected chi connectivity index (χ4v) is 10.4. The molecule has 0 heterocycles. The summed E-state index contributed by atoms with van der Waals surface area (Å²) in [4.78, 5) is 11.8. The Hall–Kier alpha value is -1.09.